The molecule has 1 N–H and O–H groups in total. The van der Waals surface area contributed by atoms with Crippen LogP contribution in [0.3, 0.4) is 0 Å². The van der Waals surface area contributed by atoms with Crippen molar-refractivity contribution in [2.45, 2.75) is 26.0 Å². The molecular formula is C12H13IN2O2. The molecule has 0 fully saturated rings. The second-order valence-electron chi connectivity index (χ2n) is 4.65. The Morgan fingerprint density at radius 2 is 2.18 bits per heavy atom. The summed E-state index contributed by atoms with van der Waals surface area (Å²) in [6.45, 7) is 3.57. The summed E-state index contributed by atoms with van der Waals surface area (Å²) < 4.78 is 2.44. The van der Waals surface area contributed by atoms with Crippen molar-refractivity contribution in [3.05, 3.63) is 38.5 Å². The maximum atomic E-state index is 12.2. The number of hydrogen-bond donors (Lipinski definition) is 1. The Morgan fingerprint density at radius 3 is 2.82 bits per heavy atom. The van der Waals surface area contributed by atoms with Crippen LogP contribution in [0.15, 0.2) is 29.3 Å². The van der Waals surface area contributed by atoms with E-state index in [4.69, 9.17) is 0 Å². The summed E-state index contributed by atoms with van der Waals surface area (Å²) in [6, 6.07) is 5.55. The molecule has 0 radical (unpaired) electrons. The summed E-state index contributed by atoms with van der Waals surface area (Å²) in [5.74, 6) is 0. The number of aromatic nitrogens is 2. The molecule has 0 atom stereocenters. The van der Waals surface area contributed by atoms with Crippen molar-refractivity contribution in [2.75, 3.05) is 0 Å². The average molecular weight is 344 g/mol. The third-order valence-electron chi connectivity index (χ3n) is 2.34. The Hall–Kier alpha value is -0.950. The molecule has 0 unspecified atom stereocenters. The van der Waals surface area contributed by atoms with Crippen molar-refractivity contribution in [2.24, 2.45) is 0 Å². The van der Waals surface area contributed by atoms with Gasteiger partial charge in [-0.2, -0.15) is 0 Å². The van der Waals surface area contributed by atoms with E-state index in [1.807, 2.05) is 18.2 Å². The first-order valence-corrected chi connectivity index (χ1v) is 6.32. The normalized spacial score (nSPS) is 12.0. The molecule has 0 amide bonds. The number of rotatable bonds is 2. The maximum absolute atomic E-state index is 12.2. The average Bonchev–Trinajstić information content (AvgIpc) is 2.21. The number of fused-ring (bicyclic) bond motifs is 1. The van der Waals surface area contributed by atoms with Crippen LogP contribution in [0.1, 0.15) is 13.8 Å². The van der Waals surface area contributed by atoms with E-state index in [0.29, 0.717) is 10.9 Å². The largest absolute Gasteiger partial charge is 0.389 e. The fourth-order valence-electron chi connectivity index (χ4n) is 1.66. The van der Waals surface area contributed by atoms with E-state index < -0.39 is 5.60 Å². The standard InChI is InChI=1S/C12H13IN2O2/c1-12(2,17)6-15-7-14-10-4-3-8(13)5-9(10)11(15)16/h3-5,7,17H,6H2,1-2H3. The van der Waals surface area contributed by atoms with Gasteiger partial charge < -0.3 is 5.11 Å². The third kappa shape index (κ3) is 2.84. The van der Waals surface area contributed by atoms with Crippen molar-refractivity contribution in [3.63, 3.8) is 0 Å². The fraction of sp³-hybridized carbons (Fsp3) is 0.333. The summed E-state index contributed by atoms with van der Waals surface area (Å²) in [5.41, 5.74) is -0.362. The van der Waals surface area contributed by atoms with Gasteiger partial charge in [0.2, 0.25) is 0 Å². The Balaban J connectivity index is 2.61. The molecular weight excluding hydrogens is 331 g/mol. The number of aliphatic hydroxyl groups is 1. The Morgan fingerprint density at radius 1 is 1.47 bits per heavy atom. The minimum absolute atomic E-state index is 0.115. The lowest BCUT2D eigenvalue weighted by Gasteiger charge is -2.18. The highest BCUT2D eigenvalue weighted by Crippen LogP contribution is 2.12. The van der Waals surface area contributed by atoms with Gasteiger partial charge in [-0.3, -0.25) is 9.36 Å². The van der Waals surface area contributed by atoms with E-state index in [9.17, 15) is 9.90 Å². The highest BCUT2D eigenvalue weighted by Gasteiger charge is 2.15. The van der Waals surface area contributed by atoms with Crippen molar-refractivity contribution >= 4 is 33.5 Å². The molecule has 1 aromatic heterocycles. The van der Waals surface area contributed by atoms with Crippen LogP contribution in [0.25, 0.3) is 10.9 Å². The molecule has 0 aliphatic carbocycles. The van der Waals surface area contributed by atoms with E-state index in [0.717, 1.165) is 3.57 Å². The summed E-state index contributed by atoms with van der Waals surface area (Å²) in [6.07, 6.45) is 1.48. The van der Waals surface area contributed by atoms with Gasteiger partial charge in [-0.25, -0.2) is 4.98 Å². The highest BCUT2D eigenvalue weighted by atomic mass is 127. The van der Waals surface area contributed by atoms with Crippen LogP contribution in [0, 0.1) is 3.57 Å². The van der Waals surface area contributed by atoms with Gasteiger partial charge in [0.25, 0.3) is 5.56 Å². The van der Waals surface area contributed by atoms with E-state index in [1.54, 1.807) is 13.8 Å². The quantitative estimate of drug-likeness (QED) is 0.845. The zero-order valence-corrected chi connectivity index (χ0v) is 11.8. The van der Waals surface area contributed by atoms with Crippen LogP contribution in [-0.2, 0) is 6.54 Å². The lowest BCUT2D eigenvalue weighted by Crippen LogP contribution is -2.32. The first-order valence-electron chi connectivity index (χ1n) is 5.24. The summed E-state index contributed by atoms with van der Waals surface area (Å²) in [4.78, 5) is 16.4. The Labute approximate surface area is 112 Å². The monoisotopic (exact) mass is 344 g/mol. The molecule has 90 valence electrons. The zero-order chi connectivity index (χ0) is 12.6. The maximum Gasteiger partial charge on any atom is 0.261 e. The van der Waals surface area contributed by atoms with E-state index >= 15 is 0 Å². The molecule has 5 heteroatoms. The van der Waals surface area contributed by atoms with Gasteiger partial charge in [0, 0.05) is 3.57 Å². The van der Waals surface area contributed by atoms with E-state index in [1.165, 1.54) is 10.9 Å². The predicted octanol–water partition coefficient (Wildman–Crippen LogP) is 1.77. The Kier molecular flexibility index (Phi) is 3.22. The molecule has 1 aromatic carbocycles. The lowest BCUT2D eigenvalue weighted by molar-refractivity contribution is 0.0603. The summed E-state index contributed by atoms with van der Waals surface area (Å²) in [7, 11) is 0. The first-order chi connectivity index (χ1) is 7.87. The smallest absolute Gasteiger partial charge is 0.261 e. The van der Waals surface area contributed by atoms with Crippen molar-refractivity contribution in [1.82, 2.24) is 9.55 Å². The van der Waals surface area contributed by atoms with Gasteiger partial charge in [0.15, 0.2) is 0 Å². The topological polar surface area (TPSA) is 55.1 Å². The van der Waals surface area contributed by atoms with Crippen LogP contribution in [0.4, 0.5) is 0 Å². The van der Waals surface area contributed by atoms with Gasteiger partial charge in [-0.05, 0) is 54.6 Å². The summed E-state index contributed by atoms with van der Waals surface area (Å²) in [5, 5.41) is 10.3. The van der Waals surface area contributed by atoms with Crippen LogP contribution in [0.2, 0.25) is 0 Å². The van der Waals surface area contributed by atoms with Crippen LogP contribution < -0.4 is 5.56 Å². The molecule has 0 bridgehead atoms. The van der Waals surface area contributed by atoms with Crippen LogP contribution in [-0.4, -0.2) is 20.3 Å². The molecule has 0 aliphatic heterocycles. The number of nitrogens with zero attached hydrogens (tertiary/aromatic N) is 2. The second-order valence-corrected chi connectivity index (χ2v) is 5.90. The first kappa shape index (κ1) is 12.5. The molecule has 17 heavy (non-hydrogen) atoms. The van der Waals surface area contributed by atoms with Gasteiger partial charge in [-0.15, -0.1) is 0 Å². The number of halogens is 1. The molecule has 0 spiro atoms. The summed E-state index contributed by atoms with van der Waals surface area (Å²) >= 11 is 2.16. The zero-order valence-electron chi connectivity index (χ0n) is 9.64. The predicted molar refractivity (Wildman–Crippen MR) is 75.0 cm³/mol. The third-order valence-corrected chi connectivity index (χ3v) is 3.01. The van der Waals surface area contributed by atoms with Crippen molar-refractivity contribution in [1.29, 1.82) is 0 Å². The van der Waals surface area contributed by atoms with E-state index in [2.05, 4.69) is 27.6 Å². The van der Waals surface area contributed by atoms with Gasteiger partial charge in [-0.1, -0.05) is 0 Å². The Bertz CT molecular complexity index is 614. The minimum Gasteiger partial charge on any atom is -0.389 e. The molecule has 0 saturated heterocycles. The number of benzene rings is 1. The lowest BCUT2D eigenvalue weighted by atomic mass is 10.1. The van der Waals surface area contributed by atoms with E-state index in [-0.39, 0.29) is 12.1 Å². The second kappa shape index (κ2) is 4.38. The van der Waals surface area contributed by atoms with Gasteiger partial charge >= 0.3 is 0 Å². The van der Waals surface area contributed by atoms with Gasteiger partial charge in [0.05, 0.1) is 29.4 Å². The van der Waals surface area contributed by atoms with Gasteiger partial charge in [0.1, 0.15) is 0 Å². The van der Waals surface area contributed by atoms with Crippen molar-refractivity contribution in [3.8, 4) is 0 Å². The molecule has 0 aliphatic rings. The SMILES string of the molecule is CC(C)(O)Cn1cnc2ccc(I)cc2c1=O. The highest BCUT2D eigenvalue weighted by molar-refractivity contribution is 14.1. The molecule has 2 rings (SSSR count). The minimum atomic E-state index is -0.929. The van der Waals surface area contributed by atoms with Crippen LogP contribution >= 0.6 is 22.6 Å². The molecule has 0 saturated carbocycles. The van der Waals surface area contributed by atoms with Crippen LogP contribution in [0.5, 0.6) is 0 Å². The molecule has 4 nitrogen and oxygen atoms in total. The van der Waals surface area contributed by atoms with Crippen molar-refractivity contribution < 1.29 is 5.11 Å². The number of hydrogen-bond acceptors (Lipinski definition) is 3. The fourth-order valence-corrected chi connectivity index (χ4v) is 2.15. The molecule has 1 heterocycles. The molecule has 2 aromatic rings.